The largest absolute Gasteiger partial charge is 0.478 e. The molecule has 1 saturated heterocycles. The normalized spacial score (nSPS) is 22.7. The number of anilines is 2. The molecule has 0 radical (unpaired) electrons. The highest BCUT2D eigenvalue weighted by atomic mass is 16.4. The number of hydrogen-bond donors (Lipinski definition) is 2. The highest BCUT2D eigenvalue weighted by Gasteiger charge is 2.50. The summed E-state index contributed by atoms with van der Waals surface area (Å²) in [6.07, 6.45) is 4.44. The molecule has 2 N–H and O–H groups in total. The minimum Gasteiger partial charge on any atom is -0.478 e. The predicted molar refractivity (Wildman–Crippen MR) is 110 cm³/mol. The molecule has 7 heteroatoms. The quantitative estimate of drug-likeness (QED) is 0.601. The summed E-state index contributed by atoms with van der Waals surface area (Å²) >= 11 is 0. The van der Waals surface area contributed by atoms with Gasteiger partial charge in [0.2, 0.25) is 11.8 Å². The molecule has 1 aliphatic heterocycles. The molecule has 0 bridgehead atoms. The summed E-state index contributed by atoms with van der Waals surface area (Å²) in [6.45, 7) is 1.93. The first-order chi connectivity index (χ1) is 14.4. The van der Waals surface area contributed by atoms with E-state index < -0.39 is 11.9 Å². The van der Waals surface area contributed by atoms with Crippen LogP contribution >= 0.6 is 0 Å². The molecule has 152 valence electrons. The van der Waals surface area contributed by atoms with Crippen LogP contribution < -0.4 is 10.2 Å². The molecule has 1 fully saturated rings. The number of amides is 3. The number of aromatic carboxylic acids is 1. The van der Waals surface area contributed by atoms with Crippen molar-refractivity contribution < 1.29 is 24.3 Å². The number of carboxylic acids is 1. The minimum absolute atomic E-state index is 0.0156. The Hall–Kier alpha value is -3.74. The predicted octanol–water partition coefficient (Wildman–Crippen LogP) is 3.34. The van der Waals surface area contributed by atoms with Gasteiger partial charge in [0.05, 0.1) is 23.1 Å². The summed E-state index contributed by atoms with van der Waals surface area (Å²) in [4.78, 5) is 50.8. The first kappa shape index (κ1) is 19.6. The zero-order valence-electron chi connectivity index (χ0n) is 16.2. The average molecular weight is 404 g/mol. The van der Waals surface area contributed by atoms with Crippen LogP contribution in [0.15, 0.2) is 60.7 Å². The van der Waals surface area contributed by atoms with Crippen molar-refractivity contribution in [2.45, 2.75) is 13.3 Å². The number of fused-ring (bicyclic) bond motifs is 1. The van der Waals surface area contributed by atoms with Gasteiger partial charge in [0.1, 0.15) is 0 Å². The number of allylic oxidation sites excluding steroid dienone is 2. The third-order valence-electron chi connectivity index (χ3n) is 5.61. The molecule has 2 aliphatic rings. The van der Waals surface area contributed by atoms with E-state index in [1.54, 1.807) is 24.3 Å². The molecule has 0 spiro atoms. The van der Waals surface area contributed by atoms with Gasteiger partial charge in [-0.3, -0.25) is 19.3 Å². The first-order valence-corrected chi connectivity index (χ1v) is 9.66. The van der Waals surface area contributed by atoms with Gasteiger partial charge < -0.3 is 10.4 Å². The Morgan fingerprint density at radius 3 is 2.50 bits per heavy atom. The molecule has 3 atom stereocenters. The summed E-state index contributed by atoms with van der Waals surface area (Å²) in [5.74, 6) is -2.80. The fourth-order valence-electron chi connectivity index (χ4n) is 4.12. The smallest absolute Gasteiger partial charge is 0.335 e. The van der Waals surface area contributed by atoms with Crippen LogP contribution in [0.5, 0.6) is 0 Å². The molecule has 2 aromatic carbocycles. The van der Waals surface area contributed by atoms with Crippen molar-refractivity contribution in [2.24, 2.45) is 17.8 Å². The third-order valence-corrected chi connectivity index (χ3v) is 5.61. The second-order valence-corrected chi connectivity index (χ2v) is 7.56. The average Bonchev–Trinajstić information content (AvgIpc) is 2.99. The topological polar surface area (TPSA) is 104 Å². The van der Waals surface area contributed by atoms with E-state index in [9.17, 15) is 19.2 Å². The van der Waals surface area contributed by atoms with Gasteiger partial charge in [-0.25, -0.2) is 4.79 Å². The summed E-state index contributed by atoms with van der Waals surface area (Å²) in [5.41, 5.74) is 1.01. The van der Waals surface area contributed by atoms with E-state index in [1.165, 1.54) is 29.2 Å². The second kappa shape index (κ2) is 7.59. The Kier molecular flexibility index (Phi) is 4.95. The summed E-state index contributed by atoms with van der Waals surface area (Å²) in [7, 11) is 0. The number of carboxylic acid groups (broad SMARTS) is 1. The van der Waals surface area contributed by atoms with Crippen LogP contribution in [0.3, 0.4) is 0 Å². The van der Waals surface area contributed by atoms with Crippen molar-refractivity contribution >= 4 is 35.1 Å². The van der Waals surface area contributed by atoms with Crippen molar-refractivity contribution in [3.8, 4) is 0 Å². The van der Waals surface area contributed by atoms with Crippen molar-refractivity contribution in [1.29, 1.82) is 0 Å². The number of nitrogens with zero attached hydrogens (tertiary/aromatic N) is 1. The van der Waals surface area contributed by atoms with Crippen LogP contribution in [-0.2, 0) is 9.59 Å². The standard InChI is InChI=1S/C23H20N2O5/c1-13-5-2-10-18-19(13)22(28)25(21(18)27)17-9-4-6-14(12-17)20(26)24-16-8-3-7-15(11-16)23(29)30/h2-9,11-13,18-19H,10H2,1H3,(H,24,26)(H,29,30)/t13-,18+,19-/m1/s1. The monoisotopic (exact) mass is 404 g/mol. The number of carbonyl (C=O) groups is 4. The number of benzene rings is 2. The number of carbonyl (C=O) groups excluding carboxylic acids is 3. The molecule has 1 aliphatic carbocycles. The zero-order chi connectivity index (χ0) is 21.4. The van der Waals surface area contributed by atoms with Gasteiger partial charge in [0.15, 0.2) is 0 Å². The number of hydrogen-bond acceptors (Lipinski definition) is 4. The van der Waals surface area contributed by atoms with Crippen LogP contribution in [0, 0.1) is 17.8 Å². The Morgan fingerprint density at radius 1 is 1.03 bits per heavy atom. The summed E-state index contributed by atoms with van der Waals surface area (Å²) < 4.78 is 0. The fraction of sp³-hybridized carbons (Fsp3) is 0.217. The van der Waals surface area contributed by atoms with Crippen molar-refractivity contribution in [2.75, 3.05) is 10.2 Å². The maximum absolute atomic E-state index is 12.9. The van der Waals surface area contributed by atoms with Gasteiger partial charge in [-0.1, -0.05) is 31.2 Å². The molecule has 0 aromatic heterocycles. The van der Waals surface area contributed by atoms with Crippen molar-refractivity contribution in [3.63, 3.8) is 0 Å². The van der Waals surface area contributed by atoms with Crippen LogP contribution in [0.4, 0.5) is 11.4 Å². The third kappa shape index (κ3) is 3.39. The number of nitrogens with one attached hydrogen (secondary N) is 1. The lowest BCUT2D eigenvalue weighted by molar-refractivity contribution is -0.122. The molecule has 1 heterocycles. The zero-order valence-corrected chi connectivity index (χ0v) is 16.2. The lowest BCUT2D eigenvalue weighted by Gasteiger charge is -2.22. The van der Waals surface area contributed by atoms with E-state index in [2.05, 4.69) is 5.32 Å². The lowest BCUT2D eigenvalue weighted by Crippen LogP contribution is -2.31. The molecular formula is C23H20N2O5. The highest BCUT2D eigenvalue weighted by Crippen LogP contribution is 2.40. The van der Waals surface area contributed by atoms with Gasteiger partial charge in [0.25, 0.3) is 5.91 Å². The fourth-order valence-corrected chi connectivity index (χ4v) is 4.12. The van der Waals surface area contributed by atoms with E-state index in [1.807, 2.05) is 19.1 Å². The van der Waals surface area contributed by atoms with Gasteiger partial charge >= 0.3 is 5.97 Å². The Labute approximate surface area is 173 Å². The minimum atomic E-state index is -1.09. The summed E-state index contributed by atoms with van der Waals surface area (Å²) in [5, 5.41) is 11.7. The lowest BCUT2D eigenvalue weighted by atomic mass is 9.78. The Bertz CT molecular complexity index is 1090. The Balaban J connectivity index is 1.58. The van der Waals surface area contributed by atoms with Gasteiger partial charge in [-0.15, -0.1) is 0 Å². The summed E-state index contributed by atoms with van der Waals surface area (Å²) in [6, 6.07) is 12.2. The van der Waals surface area contributed by atoms with Crippen molar-refractivity contribution in [3.05, 3.63) is 71.8 Å². The maximum Gasteiger partial charge on any atom is 0.335 e. The van der Waals surface area contributed by atoms with Crippen LogP contribution in [0.1, 0.15) is 34.1 Å². The number of imide groups is 1. The molecule has 7 nitrogen and oxygen atoms in total. The molecule has 30 heavy (non-hydrogen) atoms. The van der Waals surface area contributed by atoms with Crippen LogP contribution in [-0.4, -0.2) is 28.8 Å². The molecule has 3 amide bonds. The molecule has 2 aromatic rings. The SMILES string of the molecule is C[C@@H]1C=CC[C@@H]2C(=O)N(c3cccc(C(=O)Nc4cccc(C(=O)O)c4)c3)C(=O)[C@H]12. The molecule has 0 saturated carbocycles. The Morgan fingerprint density at radius 2 is 1.77 bits per heavy atom. The van der Waals surface area contributed by atoms with E-state index in [0.29, 0.717) is 17.8 Å². The van der Waals surface area contributed by atoms with Crippen molar-refractivity contribution in [1.82, 2.24) is 0 Å². The van der Waals surface area contributed by atoms with Crippen LogP contribution in [0.25, 0.3) is 0 Å². The molecule has 0 unspecified atom stereocenters. The van der Waals surface area contributed by atoms with E-state index in [0.717, 1.165) is 0 Å². The van der Waals surface area contributed by atoms with E-state index >= 15 is 0 Å². The van der Waals surface area contributed by atoms with E-state index in [-0.39, 0.29) is 40.7 Å². The van der Waals surface area contributed by atoms with E-state index in [4.69, 9.17) is 5.11 Å². The van der Waals surface area contributed by atoms with Gasteiger partial charge in [-0.05, 0) is 48.7 Å². The van der Waals surface area contributed by atoms with Crippen LogP contribution in [0.2, 0.25) is 0 Å². The van der Waals surface area contributed by atoms with Gasteiger partial charge in [-0.2, -0.15) is 0 Å². The maximum atomic E-state index is 12.9. The molecule has 4 rings (SSSR count). The second-order valence-electron chi connectivity index (χ2n) is 7.56. The first-order valence-electron chi connectivity index (χ1n) is 9.66. The van der Waals surface area contributed by atoms with Gasteiger partial charge in [0, 0.05) is 11.3 Å². The molecular weight excluding hydrogens is 384 g/mol. The number of rotatable bonds is 4. The highest BCUT2D eigenvalue weighted by molar-refractivity contribution is 6.22.